The van der Waals surface area contributed by atoms with E-state index in [0.29, 0.717) is 11.7 Å². The van der Waals surface area contributed by atoms with E-state index in [0.717, 1.165) is 25.0 Å². The Kier molecular flexibility index (Phi) is 3.63. The molecular weight excluding hydrogens is 296 g/mol. The van der Waals surface area contributed by atoms with Crippen molar-refractivity contribution in [2.75, 3.05) is 13.2 Å². The molecule has 4 rings (SSSR count). The maximum Gasteiger partial charge on any atom is 0.188 e. The fraction of sp³-hybridized carbons (Fsp3) is 0.286. The zero-order valence-corrected chi connectivity index (χ0v) is 14.0. The predicted octanol–water partition coefficient (Wildman–Crippen LogP) is 5.44. The van der Waals surface area contributed by atoms with Gasteiger partial charge in [-0.15, -0.1) is 0 Å². The van der Waals surface area contributed by atoms with Crippen molar-refractivity contribution in [3.63, 3.8) is 0 Å². The minimum atomic E-state index is 0.380. The van der Waals surface area contributed by atoms with Crippen molar-refractivity contribution in [3.8, 4) is 11.1 Å². The Bertz CT molecular complexity index is 956. The van der Waals surface area contributed by atoms with Crippen LogP contribution in [0, 0.1) is 20.4 Å². The van der Waals surface area contributed by atoms with Gasteiger partial charge in [0.2, 0.25) is 0 Å². The van der Waals surface area contributed by atoms with Gasteiger partial charge in [-0.2, -0.15) is 0 Å². The second kappa shape index (κ2) is 5.81. The van der Waals surface area contributed by atoms with Crippen molar-refractivity contribution in [1.29, 1.82) is 0 Å². The summed E-state index contributed by atoms with van der Waals surface area (Å²) in [6, 6.07) is 12.8. The maximum atomic E-state index is 7.34. The number of hydrogen-bond acceptors (Lipinski definition) is 1. The highest BCUT2D eigenvalue weighted by Crippen LogP contribution is 2.38. The SMILES string of the molecule is [C-]#[N+]c1ccc2c(c1)c(-c1cccc(C)c1C)cn2C1CCOC1. The molecule has 3 heteroatoms. The lowest BCUT2D eigenvalue weighted by molar-refractivity contribution is 0.187. The summed E-state index contributed by atoms with van der Waals surface area (Å²) in [6.45, 7) is 13.2. The summed E-state index contributed by atoms with van der Waals surface area (Å²) in [4.78, 5) is 3.62. The van der Waals surface area contributed by atoms with E-state index in [2.05, 4.69) is 53.7 Å². The number of fused-ring (bicyclic) bond motifs is 1. The van der Waals surface area contributed by atoms with Crippen molar-refractivity contribution in [2.45, 2.75) is 26.3 Å². The van der Waals surface area contributed by atoms with Crippen LogP contribution in [-0.4, -0.2) is 17.8 Å². The Morgan fingerprint density at radius 3 is 2.79 bits per heavy atom. The molecule has 0 bridgehead atoms. The van der Waals surface area contributed by atoms with Gasteiger partial charge in [-0.05, 0) is 54.5 Å². The summed E-state index contributed by atoms with van der Waals surface area (Å²) in [5, 5.41) is 1.16. The van der Waals surface area contributed by atoms with Crippen molar-refractivity contribution < 1.29 is 4.74 Å². The molecule has 3 aromatic rings. The first-order valence-electron chi connectivity index (χ1n) is 8.35. The topological polar surface area (TPSA) is 18.5 Å². The van der Waals surface area contributed by atoms with Gasteiger partial charge in [0.15, 0.2) is 5.69 Å². The van der Waals surface area contributed by atoms with Crippen LogP contribution < -0.4 is 0 Å². The Morgan fingerprint density at radius 1 is 1.17 bits per heavy atom. The standard InChI is InChI=1S/C21H20N2O/c1-14-5-4-6-18(15(14)2)20-12-23(17-9-10-24-13-17)21-8-7-16(22-3)11-19(20)21/h4-8,11-12,17H,9-10,13H2,1-2H3. The number of hydrogen-bond donors (Lipinski definition) is 0. The normalized spacial score (nSPS) is 17.3. The number of nitrogens with zero attached hydrogens (tertiary/aromatic N) is 2. The third-order valence-electron chi connectivity index (χ3n) is 5.14. The molecule has 2 aromatic carbocycles. The molecule has 1 atom stereocenters. The Labute approximate surface area is 142 Å². The predicted molar refractivity (Wildman–Crippen MR) is 97.6 cm³/mol. The van der Waals surface area contributed by atoms with Crippen molar-refractivity contribution in [1.82, 2.24) is 4.57 Å². The molecule has 1 aliphatic rings. The van der Waals surface area contributed by atoms with E-state index >= 15 is 0 Å². The summed E-state index contributed by atoms with van der Waals surface area (Å²) in [5.74, 6) is 0. The fourth-order valence-corrected chi connectivity index (χ4v) is 3.61. The molecule has 0 amide bonds. The van der Waals surface area contributed by atoms with Gasteiger partial charge in [0.05, 0.1) is 19.2 Å². The minimum absolute atomic E-state index is 0.380. The number of benzene rings is 2. The van der Waals surface area contributed by atoms with E-state index in [1.807, 2.05) is 12.1 Å². The molecule has 1 aromatic heterocycles. The van der Waals surface area contributed by atoms with Gasteiger partial charge in [-0.25, -0.2) is 4.85 Å². The van der Waals surface area contributed by atoms with Gasteiger partial charge in [-0.1, -0.05) is 24.3 Å². The summed E-state index contributed by atoms with van der Waals surface area (Å²) in [5.41, 5.74) is 6.93. The molecule has 0 radical (unpaired) electrons. The molecule has 24 heavy (non-hydrogen) atoms. The van der Waals surface area contributed by atoms with Crippen molar-refractivity contribution >= 4 is 16.6 Å². The fourth-order valence-electron chi connectivity index (χ4n) is 3.61. The first-order valence-corrected chi connectivity index (χ1v) is 8.35. The average molecular weight is 316 g/mol. The first-order chi connectivity index (χ1) is 11.7. The smallest absolute Gasteiger partial charge is 0.188 e. The van der Waals surface area contributed by atoms with Crippen LogP contribution in [-0.2, 0) is 4.74 Å². The summed E-state index contributed by atoms with van der Waals surface area (Å²) >= 11 is 0. The highest BCUT2D eigenvalue weighted by Gasteiger charge is 2.22. The van der Waals surface area contributed by atoms with Crippen LogP contribution in [0.1, 0.15) is 23.6 Å². The quantitative estimate of drug-likeness (QED) is 0.576. The zero-order chi connectivity index (χ0) is 16.7. The van der Waals surface area contributed by atoms with Crippen LogP contribution in [0.3, 0.4) is 0 Å². The lowest BCUT2D eigenvalue weighted by atomic mass is 9.97. The highest BCUT2D eigenvalue weighted by atomic mass is 16.5. The molecule has 120 valence electrons. The minimum Gasteiger partial charge on any atom is -0.379 e. The molecule has 0 N–H and O–H groups in total. The second-order valence-electron chi connectivity index (χ2n) is 6.53. The lowest BCUT2D eigenvalue weighted by Crippen LogP contribution is -2.06. The number of aryl methyl sites for hydroxylation is 1. The van der Waals surface area contributed by atoms with Crippen LogP contribution in [0.15, 0.2) is 42.6 Å². The molecule has 3 nitrogen and oxygen atoms in total. The van der Waals surface area contributed by atoms with E-state index < -0.39 is 0 Å². The molecule has 0 spiro atoms. The Hall–Kier alpha value is -2.57. The lowest BCUT2D eigenvalue weighted by Gasteiger charge is -2.11. The third kappa shape index (κ3) is 2.31. The van der Waals surface area contributed by atoms with Crippen molar-refractivity contribution in [3.05, 3.63) is 65.1 Å². The Morgan fingerprint density at radius 2 is 2.04 bits per heavy atom. The van der Waals surface area contributed by atoms with Crippen LogP contribution in [0.25, 0.3) is 26.9 Å². The maximum absolute atomic E-state index is 7.34. The van der Waals surface area contributed by atoms with E-state index in [4.69, 9.17) is 11.3 Å². The zero-order valence-electron chi connectivity index (χ0n) is 14.0. The summed E-state index contributed by atoms with van der Waals surface area (Å²) in [6.07, 6.45) is 3.29. The van der Waals surface area contributed by atoms with E-state index in [1.54, 1.807) is 0 Å². The number of aromatic nitrogens is 1. The van der Waals surface area contributed by atoms with Gasteiger partial charge in [-0.3, -0.25) is 0 Å². The third-order valence-corrected chi connectivity index (χ3v) is 5.14. The van der Waals surface area contributed by atoms with Gasteiger partial charge in [0, 0.05) is 23.9 Å². The number of ether oxygens (including phenoxy) is 1. The molecule has 2 heterocycles. The molecule has 0 aliphatic carbocycles. The summed E-state index contributed by atoms with van der Waals surface area (Å²) < 4.78 is 7.93. The van der Waals surface area contributed by atoms with Gasteiger partial charge < -0.3 is 9.30 Å². The highest BCUT2D eigenvalue weighted by molar-refractivity contribution is 5.99. The van der Waals surface area contributed by atoms with Crippen molar-refractivity contribution in [2.24, 2.45) is 0 Å². The monoisotopic (exact) mass is 316 g/mol. The Balaban J connectivity index is 2.00. The van der Waals surface area contributed by atoms with E-state index in [9.17, 15) is 0 Å². The van der Waals surface area contributed by atoms with E-state index in [1.165, 1.54) is 27.8 Å². The van der Waals surface area contributed by atoms with E-state index in [-0.39, 0.29) is 0 Å². The van der Waals surface area contributed by atoms with Crippen LogP contribution in [0.2, 0.25) is 0 Å². The molecule has 1 unspecified atom stereocenters. The van der Waals surface area contributed by atoms with Gasteiger partial charge >= 0.3 is 0 Å². The summed E-state index contributed by atoms with van der Waals surface area (Å²) in [7, 11) is 0. The number of rotatable bonds is 2. The molecule has 1 saturated heterocycles. The largest absolute Gasteiger partial charge is 0.379 e. The van der Waals surface area contributed by atoms with Crippen LogP contribution >= 0.6 is 0 Å². The molecule has 0 saturated carbocycles. The molecular formula is C21H20N2O. The van der Waals surface area contributed by atoms with Crippen LogP contribution in [0.5, 0.6) is 0 Å². The van der Waals surface area contributed by atoms with Crippen LogP contribution in [0.4, 0.5) is 5.69 Å². The first kappa shape index (κ1) is 15.0. The average Bonchev–Trinajstić information content (AvgIpc) is 3.24. The van der Waals surface area contributed by atoms with Gasteiger partial charge in [0.25, 0.3) is 0 Å². The molecule has 1 aliphatic heterocycles. The second-order valence-corrected chi connectivity index (χ2v) is 6.53. The van der Waals surface area contributed by atoms with Gasteiger partial charge in [0.1, 0.15) is 0 Å². The molecule has 1 fully saturated rings.